The molecule has 0 spiro atoms. The molecule has 0 heterocycles. The van der Waals surface area contributed by atoms with Crippen molar-refractivity contribution in [1.29, 1.82) is 0 Å². The highest BCUT2D eigenvalue weighted by atomic mass is 35.5. The molecule has 0 bridgehead atoms. The third-order valence-electron chi connectivity index (χ3n) is 2.89. The molecule has 0 saturated carbocycles. The Hall–Kier alpha value is -1.78. The normalized spacial score (nSPS) is 12.0. The molecule has 2 aromatic rings. The topological polar surface area (TPSA) is 41.5 Å². The minimum Gasteiger partial charge on any atom is -0.491 e. The van der Waals surface area contributed by atoms with Crippen molar-refractivity contribution in [3.63, 3.8) is 0 Å². The van der Waals surface area contributed by atoms with Gasteiger partial charge in [-0.2, -0.15) is 0 Å². The highest BCUT2D eigenvalue weighted by Gasteiger charge is 2.08. The lowest BCUT2D eigenvalue weighted by Gasteiger charge is -2.14. The van der Waals surface area contributed by atoms with E-state index in [0.29, 0.717) is 10.8 Å². The van der Waals surface area contributed by atoms with E-state index in [4.69, 9.17) is 16.3 Å². The monoisotopic (exact) mass is 309 g/mol. The second kappa shape index (κ2) is 7.29. The Kier molecular flexibility index (Phi) is 5.42. The number of aryl methyl sites for hydroxylation is 1. The molecule has 0 aliphatic rings. The van der Waals surface area contributed by atoms with Gasteiger partial charge in [0, 0.05) is 11.6 Å². The van der Waals surface area contributed by atoms with Gasteiger partial charge in [-0.1, -0.05) is 23.7 Å². The lowest BCUT2D eigenvalue weighted by atomic mass is 10.2. The molecule has 21 heavy (non-hydrogen) atoms. The third kappa shape index (κ3) is 4.92. The van der Waals surface area contributed by atoms with E-state index < -0.39 is 11.9 Å². The first-order valence-corrected chi connectivity index (χ1v) is 6.99. The molecule has 0 aliphatic heterocycles. The van der Waals surface area contributed by atoms with Gasteiger partial charge in [0.05, 0.1) is 5.69 Å². The number of hydrogen-bond donors (Lipinski definition) is 2. The van der Waals surface area contributed by atoms with E-state index in [0.717, 1.165) is 5.56 Å². The van der Waals surface area contributed by atoms with Crippen LogP contribution in [0.5, 0.6) is 5.75 Å². The van der Waals surface area contributed by atoms with Crippen molar-refractivity contribution in [2.24, 2.45) is 0 Å². The van der Waals surface area contributed by atoms with Crippen molar-refractivity contribution >= 4 is 17.3 Å². The van der Waals surface area contributed by atoms with Gasteiger partial charge in [0.15, 0.2) is 0 Å². The summed E-state index contributed by atoms with van der Waals surface area (Å²) >= 11 is 5.79. The number of halogens is 2. The lowest BCUT2D eigenvalue weighted by molar-refractivity contribution is 0.117. The summed E-state index contributed by atoms with van der Waals surface area (Å²) in [4.78, 5) is 0. The average Bonchev–Trinajstić information content (AvgIpc) is 2.46. The van der Waals surface area contributed by atoms with Crippen LogP contribution in [0.2, 0.25) is 5.02 Å². The molecule has 1 unspecified atom stereocenters. The maximum absolute atomic E-state index is 13.5. The zero-order valence-electron chi connectivity index (χ0n) is 11.6. The van der Waals surface area contributed by atoms with Gasteiger partial charge in [-0.05, 0) is 42.8 Å². The molecular weight excluding hydrogens is 293 g/mol. The summed E-state index contributed by atoms with van der Waals surface area (Å²) < 4.78 is 19.0. The van der Waals surface area contributed by atoms with E-state index in [1.807, 2.05) is 31.2 Å². The maximum atomic E-state index is 13.5. The van der Waals surface area contributed by atoms with E-state index in [1.165, 1.54) is 18.2 Å². The van der Waals surface area contributed by atoms with Crippen molar-refractivity contribution in [2.75, 3.05) is 18.5 Å². The molecule has 0 amide bonds. The number of anilines is 1. The van der Waals surface area contributed by atoms with Gasteiger partial charge in [0.1, 0.15) is 24.3 Å². The smallest absolute Gasteiger partial charge is 0.146 e. The van der Waals surface area contributed by atoms with Crippen LogP contribution in [0.3, 0.4) is 0 Å². The molecule has 3 nitrogen and oxygen atoms in total. The number of benzene rings is 2. The van der Waals surface area contributed by atoms with Gasteiger partial charge in [-0.25, -0.2) is 4.39 Å². The highest BCUT2D eigenvalue weighted by molar-refractivity contribution is 6.30. The summed E-state index contributed by atoms with van der Waals surface area (Å²) in [7, 11) is 0. The number of aliphatic hydroxyl groups excluding tert-OH is 1. The standard InChI is InChI=1S/C16H17ClFNO2/c1-11-3-2-4-14(7-11)21-10-13(20)9-19-16-8-12(17)5-6-15(16)18/h2-8,13,19-20H,9-10H2,1H3. The van der Waals surface area contributed by atoms with Crippen LogP contribution in [0.25, 0.3) is 0 Å². The van der Waals surface area contributed by atoms with E-state index in [-0.39, 0.29) is 18.8 Å². The van der Waals surface area contributed by atoms with Gasteiger partial charge < -0.3 is 15.2 Å². The highest BCUT2D eigenvalue weighted by Crippen LogP contribution is 2.19. The van der Waals surface area contributed by atoms with Crippen molar-refractivity contribution < 1.29 is 14.2 Å². The van der Waals surface area contributed by atoms with Crippen LogP contribution in [-0.2, 0) is 0 Å². The second-order valence-electron chi connectivity index (χ2n) is 4.79. The van der Waals surface area contributed by atoms with E-state index in [1.54, 1.807) is 0 Å². The van der Waals surface area contributed by atoms with E-state index >= 15 is 0 Å². The summed E-state index contributed by atoms with van der Waals surface area (Å²) in [6, 6.07) is 11.8. The Labute approximate surface area is 128 Å². The number of nitrogens with one attached hydrogen (secondary N) is 1. The van der Waals surface area contributed by atoms with Gasteiger partial charge in [0.25, 0.3) is 0 Å². The number of ether oxygens (including phenoxy) is 1. The van der Waals surface area contributed by atoms with Crippen LogP contribution in [0.1, 0.15) is 5.56 Å². The summed E-state index contributed by atoms with van der Waals surface area (Å²) in [6.45, 7) is 2.26. The second-order valence-corrected chi connectivity index (χ2v) is 5.22. The van der Waals surface area contributed by atoms with Crippen LogP contribution in [-0.4, -0.2) is 24.4 Å². The van der Waals surface area contributed by atoms with Crippen LogP contribution < -0.4 is 10.1 Å². The Balaban J connectivity index is 1.82. The van der Waals surface area contributed by atoms with Crippen molar-refractivity contribution in [3.8, 4) is 5.75 Å². The molecule has 2 rings (SSSR count). The molecule has 0 aliphatic carbocycles. The van der Waals surface area contributed by atoms with Crippen LogP contribution in [0.4, 0.5) is 10.1 Å². The maximum Gasteiger partial charge on any atom is 0.146 e. The number of rotatable bonds is 6. The minimum atomic E-state index is -0.760. The molecule has 112 valence electrons. The van der Waals surface area contributed by atoms with Crippen molar-refractivity contribution in [3.05, 3.63) is 58.9 Å². The first-order valence-electron chi connectivity index (χ1n) is 6.61. The summed E-state index contributed by atoms with van der Waals surface area (Å²) in [5, 5.41) is 13.1. The molecule has 2 aromatic carbocycles. The summed E-state index contributed by atoms with van der Waals surface area (Å²) in [5.41, 5.74) is 1.35. The number of hydrogen-bond acceptors (Lipinski definition) is 3. The predicted molar refractivity (Wildman–Crippen MR) is 82.6 cm³/mol. The molecule has 0 radical (unpaired) electrons. The first-order chi connectivity index (χ1) is 10.0. The quantitative estimate of drug-likeness (QED) is 0.856. The Morgan fingerprint density at radius 3 is 2.86 bits per heavy atom. The molecule has 5 heteroatoms. The van der Waals surface area contributed by atoms with Gasteiger partial charge in [-0.15, -0.1) is 0 Å². The molecule has 2 N–H and O–H groups in total. The molecule has 0 saturated heterocycles. The van der Waals surface area contributed by atoms with Crippen molar-refractivity contribution in [2.45, 2.75) is 13.0 Å². The SMILES string of the molecule is Cc1cccc(OCC(O)CNc2cc(Cl)ccc2F)c1. The lowest BCUT2D eigenvalue weighted by Crippen LogP contribution is -2.26. The van der Waals surface area contributed by atoms with Crippen LogP contribution >= 0.6 is 11.6 Å². The Morgan fingerprint density at radius 2 is 2.10 bits per heavy atom. The predicted octanol–water partition coefficient (Wildman–Crippen LogP) is 3.64. The zero-order valence-corrected chi connectivity index (χ0v) is 12.4. The van der Waals surface area contributed by atoms with E-state index in [9.17, 15) is 9.50 Å². The third-order valence-corrected chi connectivity index (χ3v) is 3.12. The fraction of sp³-hybridized carbons (Fsp3) is 0.250. The minimum absolute atomic E-state index is 0.124. The van der Waals surface area contributed by atoms with Gasteiger partial charge in [0.2, 0.25) is 0 Å². The van der Waals surface area contributed by atoms with E-state index in [2.05, 4.69) is 5.32 Å². The zero-order chi connectivity index (χ0) is 15.2. The van der Waals surface area contributed by atoms with Crippen molar-refractivity contribution in [1.82, 2.24) is 0 Å². The molecule has 0 fully saturated rings. The van der Waals surface area contributed by atoms with Crippen LogP contribution in [0, 0.1) is 12.7 Å². The fourth-order valence-electron chi connectivity index (χ4n) is 1.82. The van der Waals surface area contributed by atoms with Gasteiger partial charge >= 0.3 is 0 Å². The Bertz CT molecular complexity index is 607. The summed E-state index contributed by atoms with van der Waals surface area (Å²) in [6.07, 6.45) is -0.760. The largest absolute Gasteiger partial charge is 0.491 e. The fourth-order valence-corrected chi connectivity index (χ4v) is 1.99. The van der Waals surface area contributed by atoms with Crippen LogP contribution in [0.15, 0.2) is 42.5 Å². The average molecular weight is 310 g/mol. The molecular formula is C16H17ClFNO2. The first kappa shape index (κ1) is 15.6. The Morgan fingerprint density at radius 1 is 1.29 bits per heavy atom. The number of aliphatic hydroxyl groups is 1. The molecule has 1 atom stereocenters. The summed E-state index contributed by atoms with van der Waals surface area (Å²) in [5.74, 6) is 0.286. The van der Waals surface area contributed by atoms with Gasteiger partial charge in [-0.3, -0.25) is 0 Å². The molecule has 0 aromatic heterocycles.